The number of nitrogens with one attached hydrogen (secondary N) is 1. The highest BCUT2D eigenvalue weighted by atomic mass is 16.6. The van der Waals surface area contributed by atoms with Crippen molar-refractivity contribution in [1.82, 2.24) is 4.57 Å². The minimum Gasteiger partial charge on any atom is -0.321 e. The maximum atomic E-state index is 12.4. The van der Waals surface area contributed by atoms with Crippen LogP contribution in [0.1, 0.15) is 5.69 Å². The van der Waals surface area contributed by atoms with Crippen LogP contribution in [0, 0.1) is 31.6 Å². The molecule has 2 aromatic carbocycles. The predicted molar refractivity (Wildman–Crippen MR) is 108 cm³/mol. The van der Waals surface area contributed by atoms with E-state index in [2.05, 4.69) is 5.32 Å². The molecule has 1 aromatic heterocycles. The van der Waals surface area contributed by atoms with E-state index < -0.39 is 15.8 Å². The number of hydrogen-bond donors (Lipinski definition) is 1. The number of nitrogens with zero attached hydrogens (tertiary/aromatic N) is 4. The van der Waals surface area contributed by atoms with E-state index in [0.29, 0.717) is 17.1 Å². The molecule has 0 bridgehead atoms. The van der Waals surface area contributed by atoms with E-state index >= 15 is 0 Å². The number of aromatic nitrogens is 1. The van der Waals surface area contributed by atoms with Gasteiger partial charge in [0.25, 0.3) is 17.3 Å². The van der Waals surface area contributed by atoms with Crippen LogP contribution in [0.2, 0.25) is 0 Å². The molecular weight excluding hydrogens is 390 g/mol. The van der Waals surface area contributed by atoms with Crippen molar-refractivity contribution < 1.29 is 14.6 Å². The average molecular weight is 403 g/mol. The molecule has 10 nitrogen and oxygen atoms in total. The van der Waals surface area contributed by atoms with Crippen LogP contribution < -0.4 is 5.32 Å². The Morgan fingerprint density at radius 1 is 0.967 bits per heavy atom. The Hall–Kier alpha value is -4.78. The number of rotatable bonds is 6. The lowest BCUT2D eigenvalue weighted by atomic mass is 10.2. The van der Waals surface area contributed by atoms with Crippen molar-refractivity contribution >= 4 is 29.0 Å². The molecule has 0 aliphatic rings. The monoisotopic (exact) mass is 403 g/mol. The number of anilines is 1. The van der Waals surface area contributed by atoms with E-state index in [9.17, 15) is 30.3 Å². The maximum Gasteiger partial charge on any atom is 0.269 e. The number of nitro benzene ring substituents is 2. The zero-order valence-corrected chi connectivity index (χ0v) is 15.3. The number of carbonyl (C=O) groups excluding carboxylic acids is 1. The highest BCUT2D eigenvalue weighted by Gasteiger charge is 2.13. The van der Waals surface area contributed by atoms with Crippen molar-refractivity contribution in [2.45, 2.75) is 0 Å². The summed E-state index contributed by atoms with van der Waals surface area (Å²) >= 11 is 0. The quantitative estimate of drug-likeness (QED) is 0.286. The molecule has 148 valence electrons. The molecule has 1 heterocycles. The minimum absolute atomic E-state index is 0.0526. The van der Waals surface area contributed by atoms with E-state index in [4.69, 9.17) is 0 Å². The third kappa shape index (κ3) is 4.37. The van der Waals surface area contributed by atoms with Gasteiger partial charge in [-0.1, -0.05) is 0 Å². The lowest BCUT2D eigenvalue weighted by Crippen LogP contribution is -2.13. The summed E-state index contributed by atoms with van der Waals surface area (Å²) in [5, 5.41) is 33.4. The fraction of sp³-hybridized carbons (Fsp3) is 0. The van der Waals surface area contributed by atoms with Crippen molar-refractivity contribution in [3.05, 3.63) is 98.4 Å². The van der Waals surface area contributed by atoms with Gasteiger partial charge in [0.1, 0.15) is 11.6 Å². The Labute approximate surface area is 169 Å². The molecule has 0 spiro atoms. The second kappa shape index (κ2) is 8.49. The van der Waals surface area contributed by atoms with Crippen LogP contribution in [-0.2, 0) is 4.79 Å². The first-order valence-corrected chi connectivity index (χ1v) is 8.49. The SMILES string of the molecule is N#CC(=Cc1cccn1-c1ccc([N+](=O)[O-])cc1)C(=O)Nc1ccc([N+](=O)[O-])cc1. The van der Waals surface area contributed by atoms with Gasteiger partial charge in [-0.25, -0.2) is 0 Å². The van der Waals surface area contributed by atoms with Crippen LogP contribution in [0.5, 0.6) is 0 Å². The molecule has 0 fully saturated rings. The summed E-state index contributed by atoms with van der Waals surface area (Å²) in [6, 6.07) is 16.2. The van der Waals surface area contributed by atoms with Gasteiger partial charge >= 0.3 is 0 Å². The molecule has 0 saturated carbocycles. The van der Waals surface area contributed by atoms with Gasteiger partial charge < -0.3 is 9.88 Å². The normalized spacial score (nSPS) is 10.8. The number of nitro groups is 2. The van der Waals surface area contributed by atoms with E-state index in [1.54, 1.807) is 35.0 Å². The third-order valence-corrected chi connectivity index (χ3v) is 4.11. The van der Waals surface area contributed by atoms with Crippen molar-refractivity contribution in [2.75, 3.05) is 5.32 Å². The number of benzene rings is 2. The highest BCUT2D eigenvalue weighted by Crippen LogP contribution is 2.20. The predicted octanol–water partition coefficient (Wildman–Crippen LogP) is 3.84. The fourth-order valence-corrected chi connectivity index (χ4v) is 2.64. The van der Waals surface area contributed by atoms with Crippen molar-refractivity contribution in [3.8, 4) is 11.8 Å². The average Bonchev–Trinajstić information content (AvgIpc) is 3.20. The van der Waals surface area contributed by atoms with Gasteiger partial charge in [-0.15, -0.1) is 0 Å². The molecule has 0 radical (unpaired) electrons. The third-order valence-electron chi connectivity index (χ3n) is 4.11. The molecule has 0 unspecified atom stereocenters. The minimum atomic E-state index is -0.678. The van der Waals surface area contributed by atoms with Gasteiger partial charge in [0.15, 0.2) is 0 Å². The number of nitriles is 1. The molecule has 0 saturated heterocycles. The number of carbonyl (C=O) groups is 1. The Balaban J connectivity index is 1.83. The fourth-order valence-electron chi connectivity index (χ4n) is 2.64. The standard InChI is InChI=1S/C20H13N5O5/c21-13-14(20(26)22-15-3-5-17(6-4-15)24(27)28)12-19-2-1-11-23(19)16-7-9-18(10-8-16)25(29)30/h1-12H,(H,22,26). The molecule has 10 heteroatoms. The first kappa shape index (κ1) is 20.0. The smallest absolute Gasteiger partial charge is 0.269 e. The number of non-ortho nitro benzene ring substituents is 2. The van der Waals surface area contributed by atoms with E-state index in [1.807, 2.05) is 6.07 Å². The molecule has 0 atom stereocenters. The Morgan fingerprint density at radius 3 is 2.07 bits per heavy atom. The van der Waals surface area contributed by atoms with Crippen LogP contribution in [0.3, 0.4) is 0 Å². The van der Waals surface area contributed by atoms with E-state index in [-0.39, 0.29) is 16.9 Å². The van der Waals surface area contributed by atoms with Gasteiger partial charge in [-0.3, -0.25) is 25.0 Å². The second-order valence-corrected chi connectivity index (χ2v) is 6.00. The van der Waals surface area contributed by atoms with E-state index in [0.717, 1.165) is 0 Å². The summed E-state index contributed by atoms with van der Waals surface area (Å²) in [6.45, 7) is 0. The van der Waals surface area contributed by atoms with Crippen LogP contribution >= 0.6 is 0 Å². The summed E-state index contributed by atoms with van der Waals surface area (Å²) < 4.78 is 1.67. The Bertz CT molecular complexity index is 1190. The Morgan fingerprint density at radius 2 is 1.53 bits per heavy atom. The van der Waals surface area contributed by atoms with Gasteiger partial charge in [-0.05, 0) is 42.5 Å². The summed E-state index contributed by atoms with van der Waals surface area (Å²) in [4.78, 5) is 32.9. The largest absolute Gasteiger partial charge is 0.321 e. The number of hydrogen-bond acceptors (Lipinski definition) is 6. The lowest BCUT2D eigenvalue weighted by Gasteiger charge is -2.08. The highest BCUT2D eigenvalue weighted by molar-refractivity contribution is 6.09. The molecule has 1 N–H and O–H groups in total. The van der Waals surface area contributed by atoms with Gasteiger partial charge in [0.2, 0.25) is 0 Å². The lowest BCUT2D eigenvalue weighted by molar-refractivity contribution is -0.385. The molecule has 1 amide bonds. The van der Waals surface area contributed by atoms with Gasteiger partial charge in [0.05, 0.1) is 9.85 Å². The topological polar surface area (TPSA) is 144 Å². The van der Waals surface area contributed by atoms with Crippen LogP contribution in [0.4, 0.5) is 17.1 Å². The molecule has 0 aliphatic heterocycles. The van der Waals surface area contributed by atoms with Crippen LogP contribution in [0.15, 0.2) is 72.4 Å². The summed E-state index contributed by atoms with van der Waals surface area (Å²) in [6.07, 6.45) is 3.07. The van der Waals surface area contributed by atoms with Crippen LogP contribution in [0.25, 0.3) is 11.8 Å². The Kier molecular flexibility index (Phi) is 5.65. The summed E-state index contributed by atoms with van der Waals surface area (Å²) in [5.41, 5.74) is 1.07. The van der Waals surface area contributed by atoms with Crippen molar-refractivity contribution in [1.29, 1.82) is 5.26 Å². The summed E-state index contributed by atoms with van der Waals surface area (Å²) in [5.74, 6) is -0.678. The second-order valence-electron chi connectivity index (χ2n) is 6.00. The zero-order chi connectivity index (χ0) is 21.7. The molecule has 3 rings (SSSR count). The zero-order valence-electron chi connectivity index (χ0n) is 15.3. The molecule has 3 aromatic rings. The van der Waals surface area contributed by atoms with Gasteiger partial charge in [-0.2, -0.15) is 5.26 Å². The van der Waals surface area contributed by atoms with E-state index in [1.165, 1.54) is 42.5 Å². The molecule has 30 heavy (non-hydrogen) atoms. The van der Waals surface area contributed by atoms with Crippen molar-refractivity contribution in [3.63, 3.8) is 0 Å². The van der Waals surface area contributed by atoms with Crippen LogP contribution in [-0.4, -0.2) is 20.3 Å². The van der Waals surface area contributed by atoms with Crippen molar-refractivity contribution in [2.24, 2.45) is 0 Å². The summed E-state index contributed by atoms with van der Waals surface area (Å²) in [7, 11) is 0. The maximum absolute atomic E-state index is 12.4. The first-order valence-electron chi connectivity index (χ1n) is 8.49. The number of amides is 1. The van der Waals surface area contributed by atoms with Gasteiger partial charge in [0, 0.05) is 47.5 Å². The molecular formula is C20H13N5O5. The first-order chi connectivity index (χ1) is 14.4. The molecule has 0 aliphatic carbocycles.